The van der Waals surface area contributed by atoms with Gasteiger partial charge in [-0.1, -0.05) is 70.6 Å². The summed E-state index contributed by atoms with van der Waals surface area (Å²) in [6.07, 6.45) is 13.6. The second kappa shape index (κ2) is 7.76. The highest BCUT2D eigenvalue weighted by atomic mass is 16.3. The smallest absolute Gasteiger partial charge is 0.133 e. The average molecular weight is 411 g/mol. The molecule has 4 aliphatic carbocycles. The van der Waals surface area contributed by atoms with Crippen LogP contribution in [0.1, 0.15) is 79.6 Å². The van der Waals surface area contributed by atoms with Crippen LogP contribution in [0.3, 0.4) is 0 Å². The molecule has 3 saturated carbocycles. The monoisotopic (exact) mass is 410 g/mol. The molecule has 3 fully saturated rings. The van der Waals surface area contributed by atoms with Gasteiger partial charge >= 0.3 is 0 Å². The van der Waals surface area contributed by atoms with Gasteiger partial charge < -0.3 is 5.11 Å². The van der Waals surface area contributed by atoms with E-state index >= 15 is 0 Å². The van der Waals surface area contributed by atoms with Crippen LogP contribution in [0.5, 0.6) is 0 Å². The van der Waals surface area contributed by atoms with E-state index in [9.17, 15) is 9.90 Å². The first-order chi connectivity index (χ1) is 14.1. The molecule has 2 nitrogen and oxygen atoms in total. The number of ketones is 1. The topological polar surface area (TPSA) is 37.3 Å². The van der Waals surface area contributed by atoms with Crippen LogP contribution in [0.25, 0.3) is 0 Å². The van der Waals surface area contributed by atoms with Crippen molar-refractivity contribution in [3.63, 3.8) is 0 Å². The van der Waals surface area contributed by atoms with Gasteiger partial charge in [-0.3, -0.25) is 4.79 Å². The summed E-state index contributed by atoms with van der Waals surface area (Å²) in [6, 6.07) is 0. The number of rotatable bonds is 4. The highest BCUT2D eigenvalue weighted by Crippen LogP contribution is 2.66. The van der Waals surface area contributed by atoms with E-state index in [2.05, 4.69) is 59.4 Å². The average Bonchev–Trinajstić information content (AvgIpc) is 3.06. The number of carbonyl (C=O) groups is 1. The lowest BCUT2D eigenvalue weighted by molar-refractivity contribution is -0.129. The van der Waals surface area contributed by atoms with Gasteiger partial charge in [0.2, 0.25) is 0 Å². The molecule has 8 atom stereocenters. The molecule has 4 aliphatic rings. The second-order valence-electron chi connectivity index (χ2n) is 11.7. The molecule has 0 amide bonds. The van der Waals surface area contributed by atoms with Gasteiger partial charge in [-0.25, -0.2) is 0 Å². The van der Waals surface area contributed by atoms with Gasteiger partial charge in [0, 0.05) is 18.3 Å². The maximum absolute atomic E-state index is 12.1. The summed E-state index contributed by atoms with van der Waals surface area (Å²) in [4.78, 5) is 12.1. The summed E-state index contributed by atoms with van der Waals surface area (Å²) in [6.45, 7) is 15.7. The fourth-order valence-corrected chi connectivity index (χ4v) is 7.77. The van der Waals surface area contributed by atoms with Crippen LogP contribution in [-0.2, 0) is 4.79 Å². The van der Waals surface area contributed by atoms with E-state index < -0.39 is 0 Å². The second-order valence-corrected chi connectivity index (χ2v) is 11.7. The molecule has 166 valence electrons. The largest absolute Gasteiger partial charge is 0.393 e. The van der Waals surface area contributed by atoms with Gasteiger partial charge in [-0.15, -0.1) is 0 Å². The Hall–Kier alpha value is -1.15. The van der Waals surface area contributed by atoms with Crippen LogP contribution in [0.2, 0.25) is 0 Å². The van der Waals surface area contributed by atoms with Crippen molar-refractivity contribution in [1.29, 1.82) is 0 Å². The fourth-order valence-electron chi connectivity index (χ4n) is 7.77. The Morgan fingerprint density at radius 1 is 1.23 bits per heavy atom. The van der Waals surface area contributed by atoms with Crippen molar-refractivity contribution in [2.24, 2.45) is 46.3 Å². The quantitative estimate of drug-likeness (QED) is 0.424. The summed E-state index contributed by atoms with van der Waals surface area (Å²) in [7, 11) is 0. The summed E-state index contributed by atoms with van der Waals surface area (Å²) in [5, 5.41) is 11.6. The highest BCUT2D eigenvalue weighted by molar-refractivity contribution is 5.79. The molecule has 0 saturated heterocycles. The molecule has 0 aromatic carbocycles. The molecular weight excluding hydrogens is 368 g/mol. The molecule has 30 heavy (non-hydrogen) atoms. The molecule has 0 aromatic rings. The van der Waals surface area contributed by atoms with E-state index in [1.807, 2.05) is 0 Å². The predicted octanol–water partition coefficient (Wildman–Crippen LogP) is 6.51. The lowest BCUT2D eigenvalue weighted by Crippen LogP contribution is -2.54. The SMILES string of the molecule is C=C(/C=C/[C@@H](C)[C@H]1CC[C@H]2C3=CC[C@H]4CC(=O)CC[C@]4(C)[C@H]3C[C@H](O)[C@]12C)C(C)C. The number of hydrogen-bond donors (Lipinski definition) is 1. The summed E-state index contributed by atoms with van der Waals surface area (Å²) in [5.41, 5.74) is 2.98. The first-order valence-corrected chi connectivity index (χ1v) is 12.4. The summed E-state index contributed by atoms with van der Waals surface area (Å²) >= 11 is 0. The zero-order chi connectivity index (χ0) is 21.8. The molecule has 1 N–H and O–H groups in total. The number of hydrogen-bond acceptors (Lipinski definition) is 2. The van der Waals surface area contributed by atoms with Crippen molar-refractivity contribution < 1.29 is 9.90 Å². The van der Waals surface area contributed by atoms with Crippen LogP contribution < -0.4 is 0 Å². The Kier molecular flexibility index (Phi) is 5.71. The van der Waals surface area contributed by atoms with E-state index in [-0.39, 0.29) is 16.9 Å². The third-order valence-corrected chi connectivity index (χ3v) is 10.1. The molecule has 0 spiro atoms. The molecule has 4 rings (SSSR count). The van der Waals surface area contributed by atoms with E-state index in [0.29, 0.717) is 41.3 Å². The third kappa shape index (κ3) is 3.29. The molecule has 2 heteroatoms. The van der Waals surface area contributed by atoms with Crippen molar-refractivity contribution in [2.45, 2.75) is 85.7 Å². The first-order valence-electron chi connectivity index (χ1n) is 12.4. The Balaban J connectivity index is 1.61. The van der Waals surface area contributed by atoms with Gasteiger partial charge in [0.15, 0.2) is 0 Å². The van der Waals surface area contributed by atoms with E-state index in [4.69, 9.17) is 0 Å². The number of carbonyl (C=O) groups excluding carboxylic acids is 1. The van der Waals surface area contributed by atoms with Crippen molar-refractivity contribution in [3.8, 4) is 0 Å². The van der Waals surface area contributed by atoms with Crippen LogP contribution in [0, 0.1) is 46.3 Å². The van der Waals surface area contributed by atoms with Gasteiger partial charge in [-0.2, -0.15) is 0 Å². The van der Waals surface area contributed by atoms with Crippen molar-refractivity contribution in [3.05, 3.63) is 36.0 Å². The molecule has 0 bridgehead atoms. The lowest BCUT2D eigenvalue weighted by atomic mass is 9.47. The Morgan fingerprint density at radius 3 is 2.67 bits per heavy atom. The minimum Gasteiger partial charge on any atom is -0.393 e. The minimum absolute atomic E-state index is 0.0427. The number of aliphatic hydroxyl groups excluding tert-OH is 1. The van der Waals surface area contributed by atoms with Crippen molar-refractivity contribution in [1.82, 2.24) is 0 Å². The summed E-state index contributed by atoms with van der Waals surface area (Å²) < 4.78 is 0. The third-order valence-electron chi connectivity index (χ3n) is 10.1. The molecular formula is C28H42O2. The zero-order valence-electron chi connectivity index (χ0n) is 19.8. The van der Waals surface area contributed by atoms with E-state index in [1.54, 1.807) is 5.57 Å². The fraction of sp³-hybridized carbons (Fsp3) is 0.750. The molecule has 0 aliphatic heterocycles. The van der Waals surface area contributed by atoms with Crippen LogP contribution in [0.4, 0.5) is 0 Å². The lowest BCUT2D eigenvalue weighted by Gasteiger charge is -2.58. The first kappa shape index (κ1) is 22.1. The van der Waals surface area contributed by atoms with E-state index in [1.165, 1.54) is 18.4 Å². The standard InChI is InChI=1S/C28H42O2/c1-17(2)18(3)7-8-19(4)23-11-12-24-22-10-9-20-15-21(29)13-14-27(20,5)25(22)16-26(30)28(23,24)6/h7-8,10,17,19-20,23-26,30H,3,9,11-16H2,1-2,4-6H3/b8-7+/t19-,20+,23-,24+,25+,26+,27+,28-/m1/s1. The van der Waals surface area contributed by atoms with Crippen LogP contribution in [-0.4, -0.2) is 17.0 Å². The van der Waals surface area contributed by atoms with Gasteiger partial charge in [0.1, 0.15) is 5.78 Å². The number of allylic oxidation sites excluding steroid dienone is 5. The maximum Gasteiger partial charge on any atom is 0.133 e. The van der Waals surface area contributed by atoms with Crippen molar-refractivity contribution in [2.75, 3.05) is 0 Å². The van der Waals surface area contributed by atoms with Crippen molar-refractivity contribution >= 4 is 5.78 Å². The number of aliphatic hydroxyl groups is 1. The molecule has 0 radical (unpaired) electrons. The Bertz CT molecular complexity index is 774. The highest BCUT2D eigenvalue weighted by Gasteiger charge is 2.61. The maximum atomic E-state index is 12.1. The Morgan fingerprint density at radius 2 is 1.97 bits per heavy atom. The normalized spacial score (nSPS) is 44.4. The van der Waals surface area contributed by atoms with Crippen LogP contribution >= 0.6 is 0 Å². The predicted molar refractivity (Wildman–Crippen MR) is 124 cm³/mol. The number of Topliss-reactive ketones (excluding diaryl/α,β-unsaturated/α-hetero) is 1. The van der Waals surface area contributed by atoms with Crippen LogP contribution in [0.15, 0.2) is 36.0 Å². The molecule has 0 unspecified atom stereocenters. The van der Waals surface area contributed by atoms with Gasteiger partial charge in [0.25, 0.3) is 0 Å². The summed E-state index contributed by atoms with van der Waals surface area (Å²) in [5.74, 6) is 3.31. The Labute approximate surface area is 183 Å². The number of fused-ring (bicyclic) bond motifs is 5. The zero-order valence-corrected chi connectivity index (χ0v) is 19.8. The van der Waals surface area contributed by atoms with Gasteiger partial charge in [-0.05, 0) is 73.0 Å². The molecule has 0 aromatic heterocycles. The van der Waals surface area contributed by atoms with E-state index in [0.717, 1.165) is 32.1 Å². The van der Waals surface area contributed by atoms with Gasteiger partial charge in [0.05, 0.1) is 6.10 Å². The molecule has 0 heterocycles. The minimum atomic E-state index is -0.255.